The molecule has 2 unspecified atom stereocenters. The molecule has 0 aliphatic carbocycles. The fraction of sp³-hybridized carbons (Fsp3) is 0.800. The molecular weight excluding hydrogens is 274 g/mol. The van der Waals surface area contributed by atoms with E-state index in [1.807, 2.05) is 0 Å². The number of rotatable bonds is 5. The largest absolute Gasteiger partial charge is 0.466 e. The summed E-state index contributed by atoms with van der Waals surface area (Å²) >= 11 is 0. The molecule has 0 aromatic heterocycles. The van der Waals surface area contributed by atoms with Gasteiger partial charge in [0.05, 0.1) is 19.6 Å². The molecule has 0 aromatic rings. The van der Waals surface area contributed by atoms with Crippen LogP contribution in [0.5, 0.6) is 0 Å². The Balaban J connectivity index is 2.26. The molecule has 1 amide bonds. The minimum atomic E-state index is -0.960. The molecule has 0 N–H and O–H groups in total. The van der Waals surface area contributed by atoms with Crippen LogP contribution in [0.15, 0.2) is 0 Å². The van der Waals surface area contributed by atoms with E-state index in [-0.39, 0.29) is 36.8 Å². The van der Waals surface area contributed by atoms with E-state index in [0.29, 0.717) is 26.0 Å². The molecule has 0 saturated carbocycles. The van der Waals surface area contributed by atoms with Gasteiger partial charge >= 0.3 is 11.9 Å². The van der Waals surface area contributed by atoms with Gasteiger partial charge in [0.15, 0.2) is 0 Å². The maximum Gasteiger partial charge on any atom is 0.332 e. The van der Waals surface area contributed by atoms with E-state index in [1.165, 1.54) is 0 Å². The van der Waals surface area contributed by atoms with E-state index < -0.39 is 5.54 Å². The van der Waals surface area contributed by atoms with Gasteiger partial charge in [-0.1, -0.05) is 0 Å². The molecule has 6 heteroatoms. The zero-order chi connectivity index (χ0) is 15.5. The first-order chi connectivity index (χ1) is 10.1. The number of nitrogens with zero attached hydrogens (tertiary/aromatic N) is 1. The van der Waals surface area contributed by atoms with Crippen LogP contribution in [0.1, 0.15) is 46.0 Å². The van der Waals surface area contributed by atoms with E-state index in [1.54, 1.807) is 18.7 Å². The van der Waals surface area contributed by atoms with Gasteiger partial charge in [0, 0.05) is 18.9 Å². The highest BCUT2D eigenvalue weighted by Crippen LogP contribution is 2.45. The maximum absolute atomic E-state index is 12.5. The number of amides is 1. The number of hydrogen-bond acceptors (Lipinski definition) is 5. The summed E-state index contributed by atoms with van der Waals surface area (Å²) in [5.74, 6) is -0.912. The topological polar surface area (TPSA) is 72.9 Å². The standard InChI is InChI=1S/C15H23NO5/c1-3-20-13(18)10-11-6-5-9-16-12(17)7-8-15(11,16)14(19)21-4-2/h11H,3-10H2,1-2H3. The van der Waals surface area contributed by atoms with Crippen molar-refractivity contribution in [3.63, 3.8) is 0 Å². The number of ether oxygens (including phenoxy) is 2. The van der Waals surface area contributed by atoms with Gasteiger partial charge in [-0.15, -0.1) is 0 Å². The Morgan fingerprint density at radius 3 is 2.67 bits per heavy atom. The molecule has 2 heterocycles. The first-order valence-corrected chi connectivity index (χ1v) is 7.69. The highest BCUT2D eigenvalue weighted by molar-refractivity contribution is 5.93. The summed E-state index contributed by atoms with van der Waals surface area (Å²) in [6, 6.07) is 0. The lowest BCUT2D eigenvalue weighted by atomic mass is 9.74. The Bertz CT molecular complexity index is 436. The summed E-state index contributed by atoms with van der Waals surface area (Å²) < 4.78 is 10.2. The molecule has 0 spiro atoms. The van der Waals surface area contributed by atoms with Crippen molar-refractivity contribution in [1.29, 1.82) is 0 Å². The van der Waals surface area contributed by atoms with Crippen LogP contribution < -0.4 is 0 Å². The Labute approximate surface area is 124 Å². The van der Waals surface area contributed by atoms with Crippen molar-refractivity contribution >= 4 is 17.8 Å². The van der Waals surface area contributed by atoms with Gasteiger partial charge in [0.2, 0.25) is 5.91 Å². The third kappa shape index (κ3) is 2.76. The number of esters is 2. The molecule has 0 radical (unpaired) electrons. The van der Waals surface area contributed by atoms with Gasteiger partial charge in [-0.3, -0.25) is 9.59 Å². The second-order valence-electron chi connectivity index (χ2n) is 5.54. The average molecular weight is 297 g/mol. The fourth-order valence-corrected chi connectivity index (χ4v) is 3.60. The van der Waals surface area contributed by atoms with E-state index in [0.717, 1.165) is 12.8 Å². The van der Waals surface area contributed by atoms with Gasteiger partial charge in [0.1, 0.15) is 5.54 Å². The van der Waals surface area contributed by atoms with Crippen molar-refractivity contribution in [2.75, 3.05) is 19.8 Å². The van der Waals surface area contributed by atoms with Crippen LogP contribution in [0.25, 0.3) is 0 Å². The van der Waals surface area contributed by atoms with Crippen LogP contribution in [-0.2, 0) is 23.9 Å². The normalized spacial score (nSPS) is 28.2. The highest BCUT2D eigenvalue weighted by Gasteiger charge is 2.58. The van der Waals surface area contributed by atoms with Crippen LogP contribution in [0.3, 0.4) is 0 Å². The molecule has 21 heavy (non-hydrogen) atoms. The van der Waals surface area contributed by atoms with Gasteiger partial charge < -0.3 is 14.4 Å². The number of hydrogen-bond donors (Lipinski definition) is 0. The van der Waals surface area contributed by atoms with Crippen LogP contribution in [-0.4, -0.2) is 48.0 Å². The summed E-state index contributed by atoms with van der Waals surface area (Å²) in [6.07, 6.45) is 2.49. The minimum absolute atomic E-state index is 0.0170. The first-order valence-electron chi connectivity index (χ1n) is 7.69. The van der Waals surface area contributed by atoms with Crippen molar-refractivity contribution in [1.82, 2.24) is 4.90 Å². The predicted molar refractivity (Wildman–Crippen MR) is 74.3 cm³/mol. The van der Waals surface area contributed by atoms with E-state index in [2.05, 4.69) is 0 Å². The Morgan fingerprint density at radius 2 is 2.00 bits per heavy atom. The summed E-state index contributed by atoms with van der Waals surface area (Å²) in [4.78, 5) is 38.1. The summed E-state index contributed by atoms with van der Waals surface area (Å²) in [7, 11) is 0. The van der Waals surface area contributed by atoms with Crippen molar-refractivity contribution < 1.29 is 23.9 Å². The Morgan fingerprint density at radius 1 is 1.29 bits per heavy atom. The average Bonchev–Trinajstić information content (AvgIpc) is 2.79. The van der Waals surface area contributed by atoms with Gasteiger partial charge in [-0.25, -0.2) is 4.79 Å². The van der Waals surface area contributed by atoms with Crippen LogP contribution in [0.2, 0.25) is 0 Å². The molecule has 6 nitrogen and oxygen atoms in total. The fourth-order valence-electron chi connectivity index (χ4n) is 3.60. The first kappa shape index (κ1) is 15.8. The lowest BCUT2D eigenvalue weighted by Gasteiger charge is -2.45. The summed E-state index contributed by atoms with van der Waals surface area (Å²) in [5.41, 5.74) is -0.960. The van der Waals surface area contributed by atoms with Crippen molar-refractivity contribution in [2.45, 2.75) is 51.5 Å². The van der Waals surface area contributed by atoms with Gasteiger partial charge in [-0.05, 0) is 33.1 Å². The lowest BCUT2D eigenvalue weighted by Crippen LogP contribution is -2.60. The maximum atomic E-state index is 12.5. The molecular formula is C15H23NO5. The van der Waals surface area contributed by atoms with Gasteiger partial charge in [-0.2, -0.15) is 0 Å². The zero-order valence-electron chi connectivity index (χ0n) is 12.7. The van der Waals surface area contributed by atoms with Gasteiger partial charge in [0.25, 0.3) is 0 Å². The lowest BCUT2D eigenvalue weighted by molar-refractivity contribution is -0.169. The van der Waals surface area contributed by atoms with Crippen molar-refractivity contribution in [2.24, 2.45) is 5.92 Å². The molecule has 2 rings (SSSR count). The predicted octanol–water partition coefficient (Wildman–Crippen LogP) is 1.27. The van der Waals surface area contributed by atoms with Crippen molar-refractivity contribution in [3.8, 4) is 0 Å². The molecule has 2 fully saturated rings. The highest BCUT2D eigenvalue weighted by atomic mass is 16.5. The quantitative estimate of drug-likeness (QED) is 0.715. The van der Waals surface area contributed by atoms with E-state index in [4.69, 9.17) is 9.47 Å². The molecule has 2 aliphatic heterocycles. The molecule has 2 atom stereocenters. The number of piperidine rings is 1. The summed E-state index contributed by atoms with van der Waals surface area (Å²) in [6.45, 7) is 4.66. The molecule has 2 aliphatic rings. The molecule has 0 aromatic carbocycles. The number of fused-ring (bicyclic) bond motifs is 1. The van der Waals surface area contributed by atoms with Crippen LogP contribution in [0, 0.1) is 5.92 Å². The number of carbonyl (C=O) groups is 3. The van der Waals surface area contributed by atoms with E-state index in [9.17, 15) is 14.4 Å². The second-order valence-corrected chi connectivity index (χ2v) is 5.54. The number of carbonyl (C=O) groups excluding carboxylic acids is 3. The summed E-state index contributed by atoms with van der Waals surface area (Å²) in [5, 5.41) is 0. The second kappa shape index (κ2) is 6.45. The SMILES string of the molecule is CCOC(=O)CC1CCCN2C(=O)CCC12C(=O)OCC. The zero-order valence-corrected chi connectivity index (χ0v) is 12.7. The minimum Gasteiger partial charge on any atom is -0.466 e. The van der Waals surface area contributed by atoms with Crippen LogP contribution >= 0.6 is 0 Å². The van der Waals surface area contributed by atoms with Crippen molar-refractivity contribution in [3.05, 3.63) is 0 Å². The third-order valence-electron chi connectivity index (χ3n) is 4.46. The molecule has 2 saturated heterocycles. The monoisotopic (exact) mass is 297 g/mol. The van der Waals surface area contributed by atoms with E-state index >= 15 is 0 Å². The Hall–Kier alpha value is -1.59. The third-order valence-corrected chi connectivity index (χ3v) is 4.46. The molecule has 0 bridgehead atoms. The van der Waals surface area contributed by atoms with Crippen LogP contribution in [0.4, 0.5) is 0 Å². The smallest absolute Gasteiger partial charge is 0.332 e. The Kier molecular flexibility index (Phi) is 4.85. The molecule has 118 valence electrons.